The third-order valence-electron chi connectivity index (χ3n) is 3.89. The minimum absolute atomic E-state index is 0.112. The Morgan fingerprint density at radius 3 is 2.60 bits per heavy atom. The number of phenolic OH excluding ortho intramolecular Hbond substituents is 1. The summed E-state index contributed by atoms with van der Waals surface area (Å²) in [7, 11) is 1.62. The molecule has 0 fully saturated rings. The molecule has 2 amide bonds. The summed E-state index contributed by atoms with van der Waals surface area (Å²) in [5.74, 6) is 1.02. The number of urea groups is 1. The molecule has 134 valence electrons. The molecule has 0 aliphatic heterocycles. The second-order valence-electron chi connectivity index (χ2n) is 5.79. The van der Waals surface area contributed by atoms with Crippen molar-refractivity contribution in [1.29, 1.82) is 0 Å². The predicted molar refractivity (Wildman–Crippen MR) is 102 cm³/mol. The number of halogens is 1. The van der Waals surface area contributed by atoms with Gasteiger partial charge in [-0.05, 0) is 71.1 Å². The molecule has 0 aliphatic rings. The maximum Gasteiger partial charge on any atom is 0.315 e. The number of phenols is 1. The number of hydrogen-bond acceptors (Lipinski definition) is 3. The highest BCUT2D eigenvalue weighted by molar-refractivity contribution is 9.10. The highest BCUT2D eigenvalue weighted by atomic mass is 79.9. The summed E-state index contributed by atoms with van der Waals surface area (Å²) in [6, 6.07) is 12.6. The molecule has 0 aromatic heterocycles. The molecular weight excluding hydrogens is 384 g/mol. The number of ether oxygens (including phenoxy) is 1. The van der Waals surface area contributed by atoms with Gasteiger partial charge in [-0.2, -0.15) is 0 Å². The number of nitrogens with one attached hydrogen (secondary N) is 2. The number of aromatic hydroxyl groups is 1. The quantitative estimate of drug-likeness (QED) is 0.604. The van der Waals surface area contributed by atoms with Crippen molar-refractivity contribution < 1.29 is 14.6 Å². The first-order valence-corrected chi connectivity index (χ1v) is 8.94. The molecule has 5 nitrogen and oxygen atoms in total. The molecule has 2 rings (SSSR count). The Bertz CT molecular complexity index is 704. The van der Waals surface area contributed by atoms with Crippen LogP contribution >= 0.6 is 15.9 Å². The monoisotopic (exact) mass is 406 g/mol. The molecule has 3 N–H and O–H groups in total. The minimum atomic E-state index is -0.190. The number of hydrogen-bond donors (Lipinski definition) is 3. The Morgan fingerprint density at radius 1 is 1.24 bits per heavy atom. The zero-order chi connectivity index (χ0) is 18.2. The average Bonchev–Trinajstić information content (AvgIpc) is 2.60. The van der Waals surface area contributed by atoms with Crippen LogP contribution in [-0.2, 0) is 6.42 Å². The topological polar surface area (TPSA) is 70.6 Å². The fraction of sp³-hybridized carbons (Fsp3) is 0.316. The standard InChI is InChI=1S/C19H23BrN2O3/c1-13(15-7-10-18(25-2)17(20)12-15)22-19(24)21-11-3-4-14-5-8-16(23)9-6-14/h5-10,12-13,23H,3-4,11H2,1-2H3,(H2,21,22,24). The molecule has 1 atom stereocenters. The van der Waals surface area contributed by atoms with Crippen LogP contribution in [0.4, 0.5) is 4.79 Å². The van der Waals surface area contributed by atoms with Gasteiger partial charge in [-0.1, -0.05) is 18.2 Å². The van der Waals surface area contributed by atoms with Crippen LogP contribution in [-0.4, -0.2) is 24.8 Å². The number of carbonyl (C=O) groups excluding carboxylic acids is 1. The van der Waals surface area contributed by atoms with Gasteiger partial charge in [0, 0.05) is 6.54 Å². The first-order valence-electron chi connectivity index (χ1n) is 8.15. The molecule has 6 heteroatoms. The van der Waals surface area contributed by atoms with E-state index in [1.54, 1.807) is 19.2 Å². The fourth-order valence-electron chi connectivity index (χ4n) is 2.44. The number of amides is 2. The Morgan fingerprint density at radius 2 is 1.96 bits per heavy atom. The first-order chi connectivity index (χ1) is 12.0. The second kappa shape index (κ2) is 9.32. The summed E-state index contributed by atoms with van der Waals surface area (Å²) < 4.78 is 6.07. The zero-order valence-corrected chi connectivity index (χ0v) is 16.0. The van der Waals surface area contributed by atoms with E-state index in [2.05, 4.69) is 26.6 Å². The van der Waals surface area contributed by atoms with Crippen LogP contribution < -0.4 is 15.4 Å². The number of benzene rings is 2. The second-order valence-corrected chi connectivity index (χ2v) is 6.64. The largest absolute Gasteiger partial charge is 0.508 e. The Kier molecular flexibility index (Phi) is 7.13. The van der Waals surface area contributed by atoms with Crippen molar-refractivity contribution in [3.05, 3.63) is 58.1 Å². The van der Waals surface area contributed by atoms with Crippen LogP contribution in [0.1, 0.15) is 30.5 Å². The highest BCUT2D eigenvalue weighted by Gasteiger charge is 2.11. The van der Waals surface area contributed by atoms with Gasteiger partial charge >= 0.3 is 6.03 Å². The lowest BCUT2D eigenvalue weighted by Crippen LogP contribution is -2.37. The summed E-state index contributed by atoms with van der Waals surface area (Å²) in [5.41, 5.74) is 2.13. The van der Waals surface area contributed by atoms with E-state index in [1.807, 2.05) is 37.3 Å². The van der Waals surface area contributed by atoms with Crippen LogP contribution in [0, 0.1) is 0 Å². The molecule has 25 heavy (non-hydrogen) atoms. The molecule has 0 bridgehead atoms. The Hall–Kier alpha value is -2.21. The summed E-state index contributed by atoms with van der Waals surface area (Å²) in [6.07, 6.45) is 1.68. The maximum atomic E-state index is 12.0. The molecule has 0 radical (unpaired) electrons. The zero-order valence-electron chi connectivity index (χ0n) is 14.4. The van der Waals surface area contributed by atoms with Crippen LogP contribution in [0.5, 0.6) is 11.5 Å². The van der Waals surface area contributed by atoms with Gasteiger partial charge in [-0.25, -0.2) is 4.79 Å². The fourth-order valence-corrected chi connectivity index (χ4v) is 3.00. The Balaban J connectivity index is 1.74. The van der Waals surface area contributed by atoms with Crippen molar-refractivity contribution in [1.82, 2.24) is 10.6 Å². The lowest BCUT2D eigenvalue weighted by Gasteiger charge is -2.16. The van der Waals surface area contributed by atoms with Gasteiger partial charge in [0.05, 0.1) is 17.6 Å². The van der Waals surface area contributed by atoms with Crippen molar-refractivity contribution in [2.24, 2.45) is 0 Å². The third-order valence-corrected chi connectivity index (χ3v) is 4.51. The van der Waals surface area contributed by atoms with Crippen molar-refractivity contribution in [3.63, 3.8) is 0 Å². The smallest absolute Gasteiger partial charge is 0.315 e. The Labute approximate surface area is 156 Å². The van der Waals surface area contributed by atoms with Gasteiger partial charge in [-0.15, -0.1) is 0 Å². The number of carbonyl (C=O) groups is 1. The van der Waals surface area contributed by atoms with E-state index >= 15 is 0 Å². The van der Waals surface area contributed by atoms with E-state index in [-0.39, 0.29) is 17.8 Å². The van der Waals surface area contributed by atoms with Gasteiger partial charge in [0.1, 0.15) is 11.5 Å². The van der Waals surface area contributed by atoms with Crippen molar-refractivity contribution in [2.45, 2.75) is 25.8 Å². The van der Waals surface area contributed by atoms with E-state index < -0.39 is 0 Å². The number of aryl methyl sites for hydroxylation is 1. The van der Waals surface area contributed by atoms with E-state index in [1.165, 1.54) is 0 Å². The van der Waals surface area contributed by atoms with E-state index in [0.717, 1.165) is 34.2 Å². The summed E-state index contributed by atoms with van der Waals surface area (Å²) in [6.45, 7) is 2.52. The molecule has 2 aromatic carbocycles. The minimum Gasteiger partial charge on any atom is -0.508 e. The van der Waals surface area contributed by atoms with Gasteiger partial charge in [0.25, 0.3) is 0 Å². The van der Waals surface area contributed by atoms with Crippen molar-refractivity contribution >= 4 is 22.0 Å². The molecule has 2 aromatic rings. The van der Waals surface area contributed by atoms with Gasteiger partial charge < -0.3 is 20.5 Å². The van der Waals surface area contributed by atoms with E-state index in [0.29, 0.717) is 6.54 Å². The van der Waals surface area contributed by atoms with Gasteiger partial charge in [-0.3, -0.25) is 0 Å². The lowest BCUT2D eigenvalue weighted by molar-refractivity contribution is 0.238. The summed E-state index contributed by atoms with van der Waals surface area (Å²) >= 11 is 3.45. The molecule has 0 spiro atoms. The molecule has 0 saturated heterocycles. The summed E-state index contributed by atoms with van der Waals surface area (Å²) in [5, 5.41) is 15.0. The van der Waals surface area contributed by atoms with Crippen molar-refractivity contribution in [2.75, 3.05) is 13.7 Å². The van der Waals surface area contributed by atoms with Crippen molar-refractivity contribution in [3.8, 4) is 11.5 Å². The van der Waals surface area contributed by atoms with Crippen LogP contribution in [0.2, 0.25) is 0 Å². The number of rotatable bonds is 7. The lowest BCUT2D eigenvalue weighted by atomic mass is 10.1. The summed E-state index contributed by atoms with van der Waals surface area (Å²) in [4.78, 5) is 12.0. The van der Waals surface area contributed by atoms with E-state index in [4.69, 9.17) is 4.74 Å². The van der Waals surface area contributed by atoms with Crippen LogP contribution in [0.25, 0.3) is 0 Å². The molecule has 0 saturated carbocycles. The number of methoxy groups -OCH3 is 1. The molecule has 1 unspecified atom stereocenters. The highest BCUT2D eigenvalue weighted by Crippen LogP contribution is 2.27. The average molecular weight is 407 g/mol. The van der Waals surface area contributed by atoms with Crippen LogP contribution in [0.15, 0.2) is 46.9 Å². The van der Waals surface area contributed by atoms with Gasteiger partial charge in [0.15, 0.2) is 0 Å². The molecule has 0 heterocycles. The first kappa shape index (κ1) is 19.1. The van der Waals surface area contributed by atoms with Crippen LogP contribution in [0.3, 0.4) is 0 Å². The third kappa shape index (κ3) is 5.98. The molecular formula is C19H23BrN2O3. The SMILES string of the molecule is COc1ccc(C(C)NC(=O)NCCCc2ccc(O)cc2)cc1Br. The normalized spacial score (nSPS) is 11.6. The molecule has 0 aliphatic carbocycles. The predicted octanol–water partition coefficient (Wildman–Crippen LogP) is 4.16. The van der Waals surface area contributed by atoms with E-state index in [9.17, 15) is 9.90 Å². The maximum absolute atomic E-state index is 12.0. The van der Waals surface area contributed by atoms with Gasteiger partial charge in [0.2, 0.25) is 0 Å².